The standard InChI is InChI=1S/C32H33F2NS/c1-6-20(7-2)27-17-23(16-21-10-8-9-11-24(21)27)28-30-26(14-15-35-28)25-13-12-22(19(3)29(25)36-30)18-32(4,5)31(33)34/h8-17,20,31H,6-7,18H2,1-5H3. The molecule has 0 saturated heterocycles. The third kappa shape index (κ3) is 4.20. The van der Waals surface area contributed by atoms with Gasteiger partial charge < -0.3 is 0 Å². The van der Waals surface area contributed by atoms with Crippen LogP contribution in [-0.2, 0) is 6.42 Å². The van der Waals surface area contributed by atoms with Crippen molar-refractivity contribution in [3.05, 3.63) is 77.5 Å². The van der Waals surface area contributed by atoms with Crippen molar-refractivity contribution in [1.29, 1.82) is 0 Å². The van der Waals surface area contributed by atoms with E-state index in [0.29, 0.717) is 12.3 Å². The number of thiophene rings is 1. The van der Waals surface area contributed by atoms with Crippen LogP contribution in [0.1, 0.15) is 63.1 Å². The van der Waals surface area contributed by atoms with Gasteiger partial charge in [0.25, 0.3) is 0 Å². The number of alkyl halides is 2. The van der Waals surface area contributed by atoms with E-state index in [1.165, 1.54) is 31.8 Å². The lowest BCUT2D eigenvalue weighted by Crippen LogP contribution is -2.24. The van der Waals surface area contributed by atoms with Gasteiger partial charge in [-0.15, -0.1) is 11.3 Å². The van der Waals surface area contributed by atoms with E-state index in [4.69, 9.17) is 4.98 Å². The Morgan fingerprint density at radius 2 is 1.61 bits per heavy atom. The predicted molar refractivity (Wildman–Crippen MR) is 152 cm³/mol. The minimum Gasteiger partial charge on any atom is -0.255 e. The minimum absolute atomic E-state index is 0.356. The number of aromatic nitrogens is 1. The largest absolute Gasteiger partial charge is 0.255 e. The number of pyridine rings is 1. The van der Waals surface area contributed by atoms with Crippen LogP contribution in [-0.4, -0.2) is 11.4 Å². The molecule has 0 aliphatic rings. The molecule has 36 heavy (non-hydrogen) atoms. The molecule has 0 aliphatic carbocycles. The van der Waals surface area contributed by atoms with Crippen molar-refractivity contribution in [2.45, 2.75) is 66.2 Å². The van der Waals surface area contributed by atoms with Crippen molar-refractivity contribution in [2.75, 3.05) is 0 Å². The molecule has 1 nitrogen and oxygen atoms in total. The Bertz CT molecular complexity index is 1560. The molecule has 0 unspecified atom stereocenters. The van der Waals surface area contributed by atoms with E-state index in [0.717, 1.165) is 39.9 Å². The van der Waals surface area contributed by atoms with Gasteiger partial charge >= 0.3 is 0 Å². The molecule has 0 spiro atoms. The molecule has 186 valence electrons. The smallest absolute Gasteiger partial charge is 0.243 e. The van der Waals surface area contributed by atoms with E-state index in [1.54, 1.807) is 25.2 Å². The number of aryl methyl sites for hydroxylation is 1. The quantitative estimate of drug-likeness (QED) is 0.216. The number of fused-ring (bicyclic) bond motifs is 4. The molecule has 0 bridgehead atoms. The Morgan fingerprint density at radius 1 is 0.889 bits per heavy atom. The number of hydrogen-bond acceptors (Lipinski definition) is 2. The highest BCUT2D eigenvalue weighted by Gasteiger charge is 2.30. The summed E-state index contributed by atoms with van der Waals surface area (Å²) < 4.78 is 29.5. The second-order valence-corrected chi connectivity index (χ2v) is 11.7. The van der Waals surface area contributed by atoms with Crippen LogP contribution in [0.25, 0.3) is 42.2 Å². The van der Waals surface area contributed by atoms with E-state index >= 15 is 0 Å². The molecule has 0 radical (unpaired) electrons. The molecule has 0 amide bonds. The van der Waals surface area contributed by atoms with Crippen molar-refractivity contribution < 1.29 is 8.78 Å². The molecule has 2 heterocycles. The lowest BCUT2D eigenvalue weighted by atomic mass is 9.84. The molecule has 3 aromatic carbocycles. The van der Waals surface area contributed by atoms with Gasteiger partial charge in [0.05, 0.1) is 10.4 Å². The summed E-state index contributed by atoms with van der Waals surface area (Å²) in [4.78, 5) is 4.88. The zero-order valence-electron chi connectivity index (χ0n) is 21.7. The van der Waals surface area contributed by atoms with Gasteiger partial charge in [-0.25, -0.2) is 8.78 Å². The number of hydrogen-bond donors (Lipinski definition) is 0. The van der Waals surface area contributed by atoms with Crippen LogP contribution in [0.4, 0.5) is 8.78 Å². The Balaban J connectivity index is 1.72. The van der Waals surface area contributed by atoms with Gasteiger partial charge in [-0.1, -0.05) is 64.1 Å². The fourth-order valence-corrected chi connectivity index (χ4v) is 6.78. The molecule has 0 fully saturated rings. The second kappa shape index (κ2) is 9.55. The van der Waals surface area contributed by atoms with Crippen LogP contribution in [0.15, 0.2) is 60.8 Å². The third-order valence-corrected chi connectivity index (χ3v) is 9.09. The SMILES string of the molecule is CCC(CC)c1cc(-c2nccc3c2sc2c(C)c(CC(C)(C)C(F)F)ccc23)cc2ccccc12. The number of benzene rings is 3. The van der Waals surface area contributed by atoms with Gasteiger partial charge in [0.1, 0.15) is 0 Å². The summed E-state index contributed by atoms with van der Waals surface area (Å²) in [6, 6.07) is 19.5. The summed E-state index contributed by atoms with van der Waals surface area (Å²) in [6.45, 7) is 9.88. The Kier molecular flexibility index (Phi) is 6.59. The molecule has 4 heteroatoms. The molecule has 5 aromatic rings. The Hall–Kier alpha value is -2.85. The summed E-state index contributed by atoms with van der Waals surface area (Å²) in [5.41, 5.74) is 4.57. The highest BCUT2D eigenvalue weighted by molar-refractivity contribution is 7.26. The first-order chi connectivity index (χ1) is 17.2. The van der Waals surface area contributed by atoms with Crippen molar-refractivity contribution in [1.82, 2.24) is 4.98 Å². The van der Waals surface area contributed by atoms with Gasteiger partial charge in [0.15, 0.2) is 0 Å². The molecule has 0 aliphatic heterocycles. The normalized spacial score (nSPS) is 12.6. The van der Waals surface area contributed by atoms with E-state index in [2.05, 4.69) is 69.3 Å². The predicted octanol–water partition coefficient (Wildman–Crippen LogP) is 10.3. The van der Waals surface area contributed by atoms with Gasteiger partial charge in [-0.2, -0.15) is 0 Å². The fourth-order valence-electron chi connectivity index (χ4n) is 5.45. The summed E-state index contributed by atoms with van der Waals surface area (Å²) in [5, 5.41) is 4.92. The first kappa shape index (κ1) is 24.8. The molecular weight excluding hydrogens is 468 g/mol. The third-order valence-electron chi connectivity index (χ3n) is 7.75. The molecule has 0 atom stereocenters. The molecular formula is C32H33F2NS. The first-order valence-corrected chi connectivity index (χ1v) is 13.7. The molecule has 5 rings (SSSR count). The maximum atomic E-state index is 13.6. The average molecular weight is 502 g/mol. The van der Waals surface area contributed by atoms with Gasteiger partial charge in [-0.3, -0.25) is 4.98 Å². The van der Waals surface area contributed by atoms with Gasteiger partial charge in [0.2, 0.25) is 6.43 Å². The second-order valence-electron chi connectivity index (χ2n) is 10.6. The van der Waals surface area contributed by atoms with Gasteiger partial charge in [-0.05, 0) is 77.8 Å². The van der Waals surface area contributed by atoms with Crippen LogP contribution in [0.2, 0.25) is 0 Å². The van der Waals surface area contributed by atoms with E-state index in [9.17, 15) is 8.78 Å². The summed E-state index contributed by atoms with van der Waals surface area (Å²) in [5.74, 6) is 0.499. The van der Waals surface area contributed by atoms with Crippen molar-refractivity contribution in [3.8, 4) is 11.3 Å². The van der Waals surface area contributed by atoms with Crippen LogP contribution in [0.3, 0.4) is 0 Å². The number of nitrogens with zero attached hydrogens (tertiary/aromatic N) is 1. The summed E-state index contributed by atoms with van der Waals surface area (Å²) in [7, 11) is 0. The average Bonchev–Trinajstić information content (AvgIpc) is 3.26. The highest BCUT2D eigenvalue weighted by Crippen LogP contribution is 2.43. The number of halogens is 2. The maximum absolute atomic E-state index is 13.6. The topological polar surface area (TPSA) is 12.9 Å². The van der Waals surface area contributed by atoms with Crippen molar-refractivity contribution in [2.24, 2.45) is 5.41 Å². The molecule has 0 N–H and O–H groups in total. The lowest BCUT2D eigenvalue weighted by molar-refractivity contribution is 0.0199. The zero-order chi connectivity index (χ0) is 25.6. The number of rotatable bonds is 7. The minimum atomic E-state index is -2.36. The van der Waals surface area contributed by atoms with E-state index in [-0.39, 0.29) is 0 Å². The molecule has 0 saturated carbocycles. The monoisotopic (exact) mass is 501 g/mol. The van der Waals surface area contributed by atoms with E-state index < -0.39 is 11.8 Å². The van der Waals surface area contributed by atoms with Crippen molar-refractivity contribution >= 4 is 42.3 Å². The first-order valence-electron chi connectivity index (χ1n) is 12.9. The van der Waals surface area contributed by atoms with Crippen molar-refractivity contribution in [3.63, 3.8) is 0 Å². The Labute approximate surface area is 216 Å². The van der Waals surface area contributed by atoms with Crippen LogP contribution in [0, 0.1) is 12.3 Å². The maximum Gasteiger partial charge on any atom is 0.243 e. The van der Waals surface area contributed by atoms with Crippen LogP contribution in [0.5, 0.6) is 0 Å². The van der Waals surface area contributed by atoms with Crippen LogP contribution < -0.4 is 0 Å². The fraction of sp³-hybridized carbons (Fsp3) is 0.344. The summed E-state index contributed by atoms with van der Waals surface area (Å²) in [6.07, 6.45) is 2.10. The Morgan fingerprint density at radius 3 is 2.33 bits per heavy atom. The summed E-state index contributed by atoms with van der Waals surface area (Å²) >= 11 is 1.74. The molecule has 2 aromatic heterocycles. The van der Waals surface area contributed by atoms with Gasteiger partial charge in [0, 0.05) is 32.6 Å². The van der Waals surface area contributed by atoms with Crippen LogP contribution >= 0.6 is 11.3 Å². The highest BCUT2D eigenvalue weighted by atomic mass is 32.1. The lowest BCUT2D eigenvalue weighted by Gasteiger charge is -2.24. The zero-order valence-corrected chi connectivity index (χ0v) is 22.5. The van der Waals surface area contributed by atoms with E-state index in [1.807, 2.05) is 12.3 Å².